The van der Waals surface area contributed by atoms with Gasteiger partial charge < -0.3 is 0 Å². The van der Waals surface area contributed by atoms with Gasteiger partial charge in [-0.3, -0.25) is 16.3 Å². The van der Waals surface area contributed by atoms with Gasteiger partial charge >= 0.3 is 6.18 Å². The van der Waals surface area contributed by atoms with Crippen LogP contribution in [-0.4, -0.2) is 4.98 Å². The van der Waals surface area contributed by atoms with Crippen LogP contribution in [0, 0.1) is 17.8 Å². The summed E-state index contributed by atoms with van der Waals surface area (Å²) < 4.78 is 37.7. The summed E-state index contributed by atoms with van der Waals surface area (Å²) >= 11 is 0. The molecule has 0 amide bonds. The normalized spacial score (nSPS) is 29.8. The first-order chi connectivity index (χ1) is 9.97. The fourth-order valence-corrected chi connectivity index (χ4v) is 4.02. The first-order valence-electron chi connectivity index (χ1n) is 7.46. The van der Waals surface area contributed by atoms with Gasteiger partial charge in [0.2, 0.25) is 0 Å². The Labute approximate surface area is 122 Å². The second-order valence-electron chi connectivity index (χ2n) is 6.36. The summed E-state index contributed by atoms with van der Waals surface area (Å²) in [5, 5.41) is 0. The average molecular weight is 299 g/mol. The molecule has 0 radical (unpaired) electrons. The lowest BCUT2D eigenvalue weighted by Crippen LogP contribution is -2.31. The van der Waals surface area contributed by atoms with E-state index in [0.717, 1.165) is 30.5 Å². The number of hydrazine groups is 1. The molecule has 4 unspecified atom stereocenters. The van der Waals surface area contributed by atoms with E-state index >= 15 is 0 Å². The van der Waals surface area contributed by atoms with Crippen molar-refractivity contribution < 1.29 is 13.2 Å². The predicted molar refractivity (Wildman–Crippen MR) is 72.9 cm³/mol. The van der Waals surface area contributed by atoms with E-state index in [1.165, 1.54) is 31.7 Å². The van der Waals surface area contributed by atoms with Gasteiger partial charge in [0.05, 0.1) is 17.3 Å². The summed E-state index contributed by atoms with van der Waals surface area (Å²) in [5.74, 6) is 7.82. The van der Waals surface area contributed by atoms with Crippen molar-refractivity contribution in [3.63, 3.8) is 0 Å². The summed E-state index contributed by atoms with van der Waals surface area (Å²) in [6.07, 6.45) is 2.55. The molecule has 1 aromatic heterocycles. The molecule has 0 saturated heterocycles. The van der Waals surface area contributed by atoms with E-state index in [1.807, 2.05) is 0 Å². The molecule has 2 fully saturated rings. The molecule has 6 heteroatoms. The Bertz CT molecular complexity index is 486. The van der Waals surface area contributed by atoms with Gasteiger partial charge in [0.25, 0.3) is 0 Å². The highest BCUT2D eigenvalue weighted by Crippen LogP contribution is 2.50. The van der Waals surface area contributed by atoms with Crippen LogP contribution in [0.25, 0.3) is 0 Å². The van der Waals surface area contributed by atoms with Crippen LogP contribution in [0.2, 0.25) is 0 Å². The number of fused-ring (bicyclic) bond motifs is 2. The van der Waals surface area contributed by atoms with Crippen LogP contribution in [0.5, 0.6) is 0 Å². The van der Waals surface area contributed by atoms with E-state index in [0.29, 0.717) is 11.6 Å². The quantitative estimate of drug-likeness (QED) is 0.661. The standard InChI is InChI=1S/C15H20F3N3/c16-15(17,18)12-3-4-13(20-8-12)14(21-19)7-11-6-9-1-2-10(11)5-9/h3-4,8-11,14,21H,1-2,5-7,19H2. The fourth-order valence-electron chi connectivity index (χ4n) is 4.02. The van der Waals surface area contributed by atoms with Crippen LogP contribution in [0.4, 0.5) is 13.2 Å². The third-order valence-corrected chi connectivity index (χ3v) is 5.09. The molecule has 0 aliphatic heterocycles. The van der Waals surface area contributed by atoms with E-state index in [9.17, 15) is 13.2 Å². The molecule has 116 valence electrons. The number of hydrogen-bond acceptors (Lipinski definition) is 3. The second-order valence-corrected chi connectivity index (χ2v) is 6.36. The lowest BCUT2D eigenvalue weighted by Gasteiger charge is -2.26. The third-order valence-electron chi connectivity index (χ3n) is 5.09. The number of nitrogens with zero attached hydrogens (tertiary/aromatic N) is 1. The van der Waals surface area contributed by atoms with Gasteiger partial charge in [0.15, 0.2) is 0 Å². The molecule has 2 saturated carbocycles. The number of pyridine rings is 1. The average Bonchev–Trinajstić information content (AvgIpc) is 3.06. The minimum absolute atomic E-state index is 0.170. The van der Waals surface area contributed by atoms with Crippen molar-refractivity contribution in [2.75, 3.05) is 0 Å². The fraction of sp³-hybridized carbons (Fsp3) is 0.667. The van der Waals surface area contributed by atoms with Gasteiger partial charge in [-0.2, -0.15) is 13.2 Å². The third kappa shape index (κ3) is 3.06. The second kappa shape index (κ2) is 5.57. The van der Waals surface area contributed by atoms with Crippen molar-refractivity contribution in [1.29, 1.82) is 0 Å². The lowest BCUT2D eigenvalue weighted by atomic mass is 9.83. The van der Waals surface area contributed by atoms with Gasteiger partial charge in [0, 0.05) is 6.20 Å². The minimum Gasteiger partial charge on any atom is -0.271 e. The maximum absolute atomic E-state index is 12.6. The Morgan fingerprint density at radius 3 is 2.57 bits per heavy atom. The molecule has 0 aromatic carbocycles. The highest BCUT2D eigenvalue weighted by Gasteiger charge is 2.40. The molecule has 1 heterocycles. The minimum atomic E-state index is -4.35. The van der Waals surface area contributed by atoms with Crippen LogP contribution in [0.15, 0.2) is 18.3 Å². The zero-order valence-corrected chi connectivity index (χ0v) is 11.7. The molecule has 3 N–H and O–H groups in total. The van der Waals surface area contributed by atoms with Crippen molar-refractivity contribution >= 4 is 0 Å². The van der Waals surface area contributed by atoms with E-state index in [-0.39, 0.29) is 6.04 Å². The van der Waals surface area contributed by atoms with E-state index in [2.05, 4.69) is 10.4 Å². The lowest BCUT2D eigenvalue weighted by molar-refractivity contribution is -0.137. The van der Waals surface area contributed by atoms with Crippen LogP contribution in [0.1, 0.15) is 49.4 Å². The number of hydrogen-bond donors (Lipinski definition) is 2. The molecule has 21 heavy (non-hydrogen) atoms. The summed E-state index contributed by atoms with van der Waals surface area (Å²) in [6.45, 7) is 0. The zero-order valence-electron chi connectivity index (χ0n) is 11.7. The van der Waals surface area contributed by atoms with Crippen molar-refractivity contribution in [3.8, 4) is 0 Å². The maximum Gasteiger partial charge on any atom is 0.417 e. The van der Waals surface area contributed by atoms with Crippen LogP contribution >= 0.6 is 0 Å². The van der Waals surface area contributed by atoms with Crippen molar-refractivity contribution in [2.45, 2.75) is 44.3 Å². The predicted octanol–water partition coefficient (Wildman–Crippen LogP) is 3.43. The van der Waals surface area contributed by atoms with E-state index < -0.39 is 11.7 Å². The monoisotopic (exact) mass is 299 g/mol. The smallest absolute Gasteiger partial charge is 0.271 e. The highest BCUT2D eigenvalue weighted by molar-refractivity contribution is 5.19. The molecule has 0 spiro atoms. The first kappa shape index (κ1) is 14.8. The Morgan fingerprint density at radius 2 is 2.10 bits per heavy atom. The van der Waals surface area contributed by atoms with E-state index in [4.69, 9.17) is 5.84 Å². The highest BCUT2D eigenvalue weighted by atomic mass is 19.4. The topological polar surface area (TPSA) is 50.9 Å². The van der Waals surface area contributed by atoms with Crippen LogP contribution < -0.4 is 11.3 Å². The summed E-state index contributed by atoms with van der Waals surface area (Å²) in [6, 6.07) is 2.34. The summed E-state index contributed by atoms with van der Waals surface area (Å²) in [5.41, 5.74) is 2.59. The number of aromatic nitrogens is 1. The van der Waals surface area contributed by atoms with Gasteiger partial charge in [-0.05, 0) is 55.6 Å². The maximum atomic E-state index is 12.6. The number of alkyl halides is 3. The first-order valence-corrected chi connectivity index (χ1v) is 7.46. The molecule has 2 aliphatic rings. The van der Waals surface area contributed by atoms with Crippen molar-refractivity contribution in [2.24, 2.45) is 23.6 Å². The molecule has 1 aromatic rings. The number of rotatable bonds is 4. The Morgan fingerprint density at radius 1 is 1.29 bits per heavy atom. The summed E-state index contributed by atoms with van der Waals surface area (Å²) in [7, 11) is 0. The Balaban J connectivity index is 1.68. The SMILES string of the molecule is NNC(CC1CC2CCC1C2)c1ccc(C(F)(F)F)cn1. The molecule has 3 nitrogen and oxygen atoms in total. The molecular formula is C15H20F3N3. The molecule has 2 bridgehead atoms. The van der Waals surface area contributed by atoms with Gasteiger partial charge in [-0.25, -0.2) is 0 Å². The zero-order chi connectivity index (χ0) is 15.0. The van der Waals surface area contributed by atoms with Gasteiger partial charge in [0.1, 0.15) is 0 Å². The number of halogens is 3. The Hall–Kier alpha value is -1.14. The molecule has 4 atom stereocenters. The summed E-state index contributed by atoms with van der Waals surface area (Å²) in [4.78, 5) is 3.96. The molecular weight excluding hydrogens is 279 g/mol. The van der Waals surface area contributed by atoms with Crippen LogP contribution in [0.3, 0.4) is 0 Å². The molecule has 3 rings (SSSR count). The largest absolute Gasteiger partial charge is 0.417 e. The van der Waals surface area contributed by atoms with Crippen LogP contribution in [-0.2, 0) is 6.18 Å². The van der Waals surface area contributed by atoms with Crippen molar-refractivity contribution in [3.05, 3.63) is 29.6 Å². The van der Waals surface area contributed by atoms with Gasteiger partial charge in [-0.1, -0.05) is 6.42 Å². The number of nitrogens with one attached hydrogen (secondary N) is 1. The van der Waals surface area contributed by atoms with Gasteiger partial charge in [-0.15, -0.1) is 0 Å². The van der Waals surface area contributed by atoms with E-state index in [1.54, 1.807) is 0 Å². The molecule has 2 aliphatic carbocycles. The number of nitrogens with two attached hydrogens (primary N) is 1. The van der Waals surface area contributed by atoms with Crippen molar-refractivity contribution in [1.82, 2.24) is 10.4 Å². The Kier molecular flexibility index (Phi) is 3.92.